The topological polar surface area (TPSA) is 111 Å². The minimum absolute atomic E-state index is 0.0457. The van der Waals surface area contributed by atoms with E-state index in [1.54, 1.807) is 0 Å². The fraction of sp³-hybridized carbons (Fsp3) is 0.934. The van der Waals surface area contributed by atoms with Crippen LogP contribution in [-0.2, 0) is 27.9 Å². The molecule has 0 heterocycles. The van der Waals surface area contributed by atoms with Crippen molar-refractivity contribution in [3.63, 3.8) is 0 Å². The Bertz CT molecular complexity index is 1230. The number of hydrogen-bond acceptors (Lipinski definition) is 6. The Morgan fingerprint density at radius 2 is 0.803 bits per heavy atom. The predicted molar refractivity (Wildman–Crippen MR) is 305 cm³/mol. The number of phosphoric acid groups is 1. The van der Waals surface area contributed by atoms with Crippen LogP contribution in [0.5, 0.6) is 0 Å². The van der Waals surface area contributed by atoms with Gasteiger partial charge in [-0.25, -0.2) is 4.57 Å². The first kappa shape index (κ1) is 69.8. The summed E-state index contributed by atoms with van der Waals surface area (Å²) in [5.74, 6) is -0.484. The number of carbonyl (C=O) groups excluding carboxylic acids is 2. The van der Waals surface area contributed by atoms with E-state index < -0.39 is 20.0 Å². The van der Waals surface area contributed by atoms with Crippen molar-refractivity contribution >= 4 is 19.7 Å². The molecule has 71 heavy (non-hydrogen) atoms. The van der Waals surface area contributed by atoms with E-state index in [1.807, 2.05) is 33.3 Å². The third-order valence-electron chi connectivity index (χ3n) is 14.2. The second-order valence-electron chi connectivity index (χ2n) is 22.6. The lowest BCUT2D eigenvalue weighted by Crippen LogP contribution is -2.47. The number of carbonyl (C=O) groups is 2. The van der Waals surface area contributed by atoms with E-state index in [9.17, 15) is 19.0 Å². The van der Waals surface area contributed by atoms with Crippen LogP contribution in [0.3, 0.4) is 0 Å². The van der Waals surface area contributed by atoms with Crippen LogP contribution in [-0.4, -0.2) is 74.3 Å². The van der Waals surface area contributed by atoms with Gasteiger partial charge in [0.25, 0.3) is 0 Å². The van der Waals surface area contributed by atoms with E-state index in [0.717, 1.165) is 57.8 Å². The fourth-order valence-corrected chi connectivity index (χ4v) is 10.1. The molecule has 9 nitrogen and oxygen atoms in total. The van der Waals surface area contributed by atoms with Crippen LogP contribution in [0.1, 0.15) is 316 Å². The highest BCUT2D eigenvalue weighted by Crippen LogP contribution is 2.43. The molecule has 3 atom stereocenters. The number of allylic oxidation sites excluding steroid dienone is 1. The van der Waals surface area contributed by atoms with Crippen LogP contribution in [0.25, 0.3) is 0 Å². The lowest BCUT2D eigenvalue weighted by molar-refractivity contribution is -0.870. The van der Waals surface area contributed by atoms with Gasteiger partial charge in [0.05, 0.1) is 33.8 Å². The molecule has 0 bridgehead atoms. The number of esters is 1. The summed E-state index contributed by atoms with van der Waals surface area (Å²) >= 11 is 0. The van der Waals surface area contributed by atoms with E-state index in [1.165, 1.54) is 225 Å². The number of nitrogens with zero attached hydrogens (tertiary/aromatic N) is 1. The molecular formula is C61H122N2O7P+. The van der Waals surface area contributed by atoms with Gasteiger partial charge in [0.2, 0.25) is 5.91 Å². The van der Waals surface area contributed by atoms with Gasteiger partial charge < -0.3 is 19.4 Å². The number of phosphoric ester groups is 1. The Kier molecular flexibility index (Phi) is 51.3. The third kappa shape index (κ3) is 53.4. The highest BCUT2D eigenvalue weighted by molar-refractivity contribution is 7.47. The van der Waals surface area contributed by atoms with Gasteiger partial charge in [-0.1, -0.05) is 284 Å². The average molecular weight is 1030 g/mol. The third-order valence-corrected chi connectivity index (χ3v) is 15.2. The molecule has 0 fully saturated rings. The van der Waals surface area contributed by atoms with Crippen molar-refractivity contribution in [3.8, 4) is 0 Å². The molecule has 0 rings (SSSR count). The highest BCUT2D eigenvalue weighted by atomic mass is 31.2. The lowest BCUT2D eigenvalue weighted by atomic mass is 10.0. The summed E-state index contributed by atoms with van der Waals surface area (Å²) in [6.45, 7) is 7.06. The van der Waals surface area contributed by atoms with Crippen LogP contribution in [0.4, 0.5) is 0 Å². The van der Waals surface area contributed by atoms with Crippen molar-refractivity contribution in [1.29, 1.82) is 0 Å². The molecular weight excluding hydrogens is 904 g/mol. The van der Waals surface area contributed by atoms with Gasteiger partial charge in [-0.2, -0.15) is 0 Å². The Labute approximate surface area is 441 Å². The summed E-state index contributed by atoms with van der Waals surface area (Å²) in [6.07, 6.45) is 59.1. The normalized spacial score (nSPS) is 13.7. The molecule has 0 saturated heterocycles. The number of likely N-dealkylation sites (N-methyl/N-ethyl adjacent to an activating group) is 1. The first-order valence-electron chi connectivity index (χ1n) is 31.0. The van der Waals surface area contributed by atoms with Gasteiger partial charge in [0, 0.05) is 12.8 Å². The molecule has 422 valence electrons. The summed E-state index contributed by atoms with van der Waals surface area (Å²) in [5, 5.41) is 3.06. The number of ether oxygens (including phenoxy) is 1. The molecule has 0 spiro atoms. The number of hydrogen-bond donors (Lipinski definition) is 2. The second-order valence-corrected chi connectivity index (χ2v) is 24.1. The van der Waals surface area contributed by atoms with E-state index in [0.29, 0.717) is 23.9 Å². The maximum atomic E-state index is 13.5. The maximum absolute atomic E-state index is 13.5. The van der Waals surface area contributed by atoms with Gasteiger partial charge in [-0.05, 0) is 31.8 Å². The number of nitrogens with one attached hydrogen (secondary N) is 1. The van der Waals surface area contributed by atoms with Crippen molar-refractivity contribution in [2.24, 2.45) is 0 Å². The Morgan fingerprint density at radius 1 is 0.479 bits per heavy atom. The van der Waals surface area contributed by atoms with E-state index in [4.69, 9.17) is 13.8 Å². The van der Waals surface area contributed by atoms with Crippen molar-refractivity contribution < 1.29 is 37.3 Å². The SMILES string of the molecule is CCCCCCCCCCCC/C=C/C(OC(=O)CCCCCCCCCCCCCCCCCCCCC)C(COP(=O)(O)OCC[N+](C)(C)C)NC(=O)CCCCCCCCCCCCCCCC. The van der Waals surface area contributed by atoms with Gasteiger partial charge in [0.15, 0.2) is 0 Å². The van der Waals surface area contributed by atoms with Crippen LogP contribution >= 0.6 is 7.82 Å². The molecule has 1 amide bonds. The Hall–Kier alpha value is -1.25. The highest BCUT2D eigenvalue weighted by Gasteiger charge is 2.30. The van der Waals surface area contributed by atoms with E-state index >= 15 is 0 Å². The first-order valence-corrected chi connectivity index (χ1v) is 32.5. The second kappa shape index (κ2) is 52.2. The van der Waals surface area contributed by atoms with Crippen LogP contribution in [0, 0.1) is 0 Å². The standard InChI is InChI=1S/C61H121N2O7P/c1-7-10-13-16-19-22-25-28-30-31-32-33-34-36-39-42-45-48-51-54-61(65)70-59(52-49-46-43-40-37-27-24-21-18-15-12-9-3)58(57-69-71(66,67)68-56-55-63(4,5)6)62-60(64)53-50-47-44-41-38-35-29-26-23-20-17-14-11-8-2/h49,52,58-59H,7-48,50-51,53-57H2,1-6H3,(H-,62,64,66,67)/p+1/b52-49+. The van der Waals surface area contributed by atoms with Gasteiger partial charge >= 0.3 is 13.8 Å². The molecule has 0 aliphatic rings. The van der Waals surface area contributed by atoms with Crippen molar-refractivity contribution in [2.75, 3.05) is 40.9 Å². The number of unbranched alkanes of at least 4 members (excludes halogenated alkanes) is 41. The monoisotopic (exact) mass is 1030 g/mol. The van der Waals surface area contributed by atoms with Gasteiger partial charge in [-0.3, -0.25) is 18.6 Å². The summed E-state index contributed by atoms with van der Waals surface area (Å²) in [5.41, 5.74) is 0. The quantitative estimate of drug-likeness (QED) is 0.0205. The summed E-state index contributed by atoms with van der Waals surface area (Å²) in [7, 11) is 1.52. The zero-order chi connectivity index (χ0) is 52.2. The Balaban J connectivity index is 5.20. The summed E-state index contributed by atoms with van der Waals surface area (Å²) in [6, 6.07) is -0.838. The van der Waals surface area contributed by atoms with Crippen molar-refractivity contribution in [3.05, 3.63) is 12.2 Å². The predicted octanol–water partition coefficient (Wildman–Crippen LogP) is 18.8. The van der Waals surface area contributed by atoms with Gasteiger partial charge in [-0.15, -0.1) is 0 Å². The molecule has 0 aromatic rings. The average Bonchev–Trinajstić information content (AvgIpc) is 3.33. The molecule has 0 saturated carbocycles. The largest absolute Gasteiger partial charge is 0.472 e. The first-order chi connectivity index (χ1) is 34.4. The molecule has 2 N–H and O–H groups in total. The minimum atomic E-state index is -4.44. The fourth-order valence-electron chi connectivity index (χ4n) is 9.41. The van der Waals surface area contributed by atoms with Crippen LogP contribution < -0.4 is 5.32 Å². The number of quaternary nitrogens is 1. The minimum Gasteiger partial charge on any atom is -0.456 e. The van der Waals surface area contributed by atoms with Crippen LogP contribution in [0.2, 0.25) is 0 Å². The Morgan fingerprint density at radius 3 is 1.15 bits per heavy atom. The molecule has 0 aliphatic carbocycles. The zero-order valence-electron chi connectivity index (χ0n) is 48.2. The molecule has 0 aromatic heterocycles. The lowest BCUT2D eigenvalue weighted by Gasteiger charge is -2.27. The smallest absolute Gasteiger partial charge is 0.456 e. The zero-order valence-corrected chi connectivity index (χ0v) is 49.1. The summed E-state index contributed by atoms with van der Waals surface area (Å²) < 4.78 is 30.7. The number of rotatable bonds is 57. The molecule has 10 heteroatoms. The van der Waals surface area contributed by atoms with Gasteiger partial charge in [0.1, 0.15) is 19.3 Å². The molecule has 0 aliphatic heterocycles. The van der Waals surface area contributed by atoms with Crippen molar-refractivity contribution in [2.45, 2.75) is 328 Å². The van der Waals surface area contributed by atoms with E-state index in [2.05, 4.69) is 26.1 Å². The summed E-state index contributed by atoms with van der Waals surface area (Å²) in [4.78, 5) is 37.7. The van der Waals surface area contributed by atoms with E-state index in [-0.39, 0.29) is 25.1 Å². The maximum Gasteiger partial charge on any atom is 0.472 e. The number of amides is 1. The van der Waals surface area contributed by atoms with Crippen LogP contribution in [0.15, 0.2) is 12.2 Å². The van der Waals surface area contributed by atoms with Crippen molar-refractivity contribution in [1.82, 2.24) is 5.32 Å². The molecule has 3 unspecified atom stereocenters. The molecule has 0 radical (unpaired) electrons. The molecule has 0 aromatic carbocycles.